The lowest BCUT2D eigenvalue weighted by Crippen LogP contribution is -2.49. The molecule has 1 saturated heterocycles. The van der Waals surface area contributed by atoms with E-state index in [0.717, 1.165) is 60.7 Å². The molecule has 0 radical (unpaired) electrons. The van der Waals surface area contributed by atoms with Crippen molar-refractivity contribution in [2.24, 2.45) is 0 Å². The summed E-state index contributed by atoms with van der Waals surface area (Å²) in [5.74, 6) is 2.20. The fraction of sp³-hybridized carbons (Fsp3) is 0.286. The van der Waals surface area contributed by atoms with Gasteiger partial charge in [-0.15, -0.1) is 0 Å². The number of alkyl halides is 1. The monoisotopic (exact) mass is 661 g/mol. The van der Waals surface area contributed by atoms with Crippen molar-refractivity contribution in [3.8, 4) is 23.1 Å². The number of nitrogens with one attached hydrogen (secondary N) is 1. The van der Waals surface area contributed by atoms with Crippen molar-refractivity contribution in [3.63, 3.8) is 0 Å². The molecule has 0 spiro atoms. The van der Waals surface area contributed by atoms with Crippen molar-refractivity contribution in [3.05, 3.63) is 70.0 Å². The van der Waals surface area contributed by atoms with Gasteiger partial charge in [-0.05, 0) is 36.9 Å². The molecule has 0 bridgehead atoms. The second-order valence-electron chi connectivity index (χ2n) is 9.05. The van der Waals surface area contributed by atoms with Gasteiger partial charge in [0.15, 0.2) is 0 Å². The van der Waals surface area contributed by atoms with Gasteiger partial charge in [-0.3, -0.25) is 14.8 Å². The highest BCUT2D eigenvalue weighted by Gasteiger charge is 2.25. The molecule has 1 fully saturated rings. The average molecular weight is 662 g/mol. The van der Waals surface area contributed by atoms with E-state index >= 15 is 0 Å². The number of methoxy groups -OCH3 is 1. The summed E-state index contributed by atoms with van der Waals surface area (Å²) in [4.78, 5) is 9.47. The zero-order valence-corrected chi connectivity index (χ0v) is 24.6. The molecule has 7 nitrogen and oxygen atoms in total. The normalized spacial score (nSPS) is 16.5. The van der Waals surface area contributed by atoms with E-state index in [0.29, 0.717) is 36.8 Å². The lowest BCUT2D eigenvalue weighted by atomic mass is 10.1. The van der Waals surface area contributed by atoms with Crippen LogP contribution in [0.3, 0.4) is 0 Å². The Morgan fingerprint density at radius 3 is 2.76 bits per heavy atom. The van der Waals surface area contributed by atoms with Gasteiger partial charge >= 0.3 is 0 Å². The SMILES string of the molecule is CCN1CCN(Cc2ccc(-c3ccc4c(Nc5cc(OC)c(Cl)cc5Cl)c(C#N)cnc4c3)o2)C(I)C1. The Balaban J connectivity index is 1.42. The maximum atomic E-state index is 9.76. The summed E-state index contributed by atoms with van der Waals surface area (Å²) < 4.78 is 12.0. The van der Waals surface area contributed by atoms with Gasteiger partial charge in [-0.2, -0.15) is 5.26 Å². The number of aromatic nitrogens is 1. The Bertz CT molecular complexity index is 1520. The molecule has 4 aromatic rings. The van der Waals surface area contributed by atoms with E-state index in [1.54, 1.807) is 18.3 Å². The molecule has 2 aromatic heterocycles. The van der Waals surface area contributed by atoms with Crippen LogP contribution in [0.2, 0.25) is 10.0 Å². The number of fused-ring (bicyclic) bond motifs is 1. The molecule has 3 heterocycles. The van der Waals surface area contributed by atoms with Gasteiger partial charge in [-0.25, -0.2) is 0 Å². The zero-order valence-electron chi connectivity index (χ0n) is 21.0. The van der Waals surface area contributed by atoms with Crippen LogP contribution >= 0.6 is 45.8 Å². The number of hydrogen-bond donors (Lipinski definition) is 1. The van der Waals surface area contributed by atoms with Crippen LogP contribution < -0.4 is 10.1 Å². The molecule has 1 N–H and O–H groups in total. The molecular weight excluding hydrogens is 636 g/mol. The van der Waals surface area contributed by atoms with Crippen molar-refractivity contribution < 1.29 is 9.15 Å². The maximum Gasteiger partial charge on any atom is 0.139 e. The number of piperazine rings is 1. The predicted molar refractivity (Wildman–Crippen MR) is 161 cm³/mol. The molecular formula is C28H26Cl2IN5O2. The minimum atomic E-state index is 0.395. The molecule has 0 amide bonds. The average Bonchev–Trinajstić information content (AvgIpc) is 3.39. The van der Waals surface area contributed by atoms with Crippen LogP contribution in [0.1, 0.15) is 18.2 Å². The third-order valence-electron chi connectivity index (χ3n) is 6.75. The van der Waals surface area contributed by atoms with E-state index < -0.39 is 0 Å². The highest BCUT2D eigenvalue weighted by Crippen LogP contribution is 2.38. The minimum absolute atomic E-state index is 0.395. The van der Waals surface area contributed by atoms with Gasteiger partial charge in [0.25, 0.3) is 0 Å². The topological polar surface area (TPSA) is 77.6 Å². The number of nitriles is 1. The highest BCUT2D eigenvalue weighted by molar-refractivity contribution is 14.1. The van der Waals surface area contributed by atoms with Crippen molar-refractivity contribution in [2.45, 2.75) is 17.5 Å². The van der Waals surface area contributed by atoms with E-state index in [9.17, 15) is 5.26 Å². The predicted octanol–water partition coefficient (Wildman–Crippen LogP) is 7.32. The fourth-order valence-electron chi connectivity index (χ4n) is 4.60. The van der Waals surface area contributed by atoms with Crippen LogP contribution in [0.4, 0.5) is 11.4 Å². The molecule has 1 unspecified atom stereocenters. The number of anilines is 2. The molecule has 1 aliphatic rings. The molecule has 2 aromatic carbocycles. The number of ether oxygens (including phenoxy) is 1. The molecule has 1 atom stereocenters. The van der Waals surface area contributed by atoms with Crippen LogP contribution in [0.25, 0.3) is 22.2 Å². The van der Waals surface area contributed by atoms with E-state index in [1.807, 2.05) is 30.3 Å². The Labute approximate surface area is 245 Å². The van der Waals surface area contributed by atoms with Crippen LogP contribution in [-0.4, -0.2) is 52.1 Å². The number of hydrogen-bond acceptors (Lipinski definition) is 7. The van der Waals surface area contributed by atoms with E-state index in [-0.39, 0.29) is 0 Å². The summed E-state index contributed by atoms with van der Waals surface area (Å²) in [7, 11) is 1.54. The molecule has 38 heavy (non-hydrogen) atoms. The zero-order chi connectivity index (χ0) is 26.8. The van der Waals surface area contributed by atoms with Gasteiger partial charge in [0.05, 0.1) is 50.2 Å². The lowest BCUT2D eigenvalue weighted by Gasteiger charge is -2.37. The molecule has 0 aliphatic carbocycles. The first-order chi connectivity index (χ1) is 18.4. The van der Waals surface area contributed by atoms with E-state index in [1.165, 1.54) is 7.11 Å². The Kier molecular flexibility index (Phi) is 8.31. The second kappa shape index (κ2) is 11.7. The number of pyridine rings is 1. The van der Waals surface area contributed by atoms with Crippen molar-refractivity contribution >= 4 is 68.1 Å². The van der Waals surface area contributed by atoms with Gasteiger partial charge < -0.3 is 14.5 Å². The van der Waals surface area contributed by atoms with Crippen molar-refractivity contribution in [1.29, 1.82) is 5.26 Å². The van der Waals surface area contributed by atoms with Crippen molar-refractivity contribution in [2.75, 3.05) is 38.6 Å². The van der Waals surface area contributed by atoms with Gasteiger partial charge in [0.2, 0.25) is 0 Å². The van der Waals surface area contributed by atoms with Gasteiger partial charge in [0.1, 0.15) is 23.3 Å². The first kappa shape index (κ1) is 27.0. The summed E-state index contributed by atoms with van der Waals surface area (Å²) in [6.07, 6.45) is 1.56. The van der Waals surface area contributed by atoms with Crippen LogP contribution in [0.15, 0.2) is 53.1 Å². The Morgan fingerprint density at radius 1 is 1.18 bits per heavy atom. The second-order valence-corrected chi connectivity index (χ2v) is 11.3. The smallest absolute Gasteiger partial charge is 0.139 e. The highest BCUT2D eigenvalue weighted by atomic mass is 127. The molecule has 1 aliphatic heterocycles. The molecule has 5 rings (SSSR count). The lowest BCUT2D eigenvalue weighted by molar-refractivity contribution is 0.116. The summed E-state index contributed by atoms with van der Waals surface area (Å²) in [6, 6.07) is 15.5. The fourth-order valence-corrected chi connectivity index (χ4v) is 6.14. The molecule has 10 heteroatoms. The summed E-state index contributed by atoms with van der Waals surface area (Å²) in [6.45, 7) is 7.24. The van der Waals surface area contributed by atoms with Gasteiger partial charge in [-0.1, -0.05) is 58.8 Å². The summed E-state index contributed by atoms with van der Waals surface area (Å²) in [5.41, 5.74) is 3.22. The Morgan fingerprint density at radius 2 is 2.03 bits per heavy atom. The van der Waals surface area contributed by atoms with Crippen LogP contribution in [0, 0.1) is 11.3 Å². The summed E-state index contributed by atoms with van der Waals surface area (Å²) in [5, 5.41) is 14.6. The standard InChI is InChI=1S/C28H26Cl2IN5O2/c1-3-35-8-9-36(27(31)16-35)15-19-5-7-25(38-19)17-4-6-20-23(10-17)33-14-18(13-32)28(20)34-24-12-26(37-2)22(30)11-21(24)29/h4-7,10-12,14,27H,3,8-9,15-16H2,1-2H3,(H,33,34). The van der Waals surface area contributed by atoms with Crippen LogP contribution in [-0.2, 0) is 6.54 Å². The molecule has 0 saturated carbocycles. The number of nitrogens with zero attached hydrogens (tertiary/aromatic N) is 4. The number of benzene rings is 2. The number of likely N-dealkylation sites (N-methyl/N-ethyl adjacent to an activating group) is 1. The number of furan rings is 1. The number of halogens is 3. The largest absolute Gasteiger partial charge is 0.495 e. The quantitative estimate of drug-likeness (QED) is 0.126. The van der Waals surface area contributed by atoms with E-state index in [2.05, 4.69) is 55.7 Å². The third kappa shape index (κ3) is 5.58. The third-order valence-corrected chi connectivity index (χ3v) is 8.54. The minimum Gasteiger partial charge on any atom is -0.495 e. The maximum absolute atomic E-state index is 9.76. The summed E-state index contributed by atoms with van der Waals surface area (Å²) >= 11 is 15.2. The first-order valence-electron chi connectivity index (χ1n) is 12.2. The van der Waals surface area contributed by atoms with E-state index in [4.69, 9.17) is 32.4 Å². The number of rotatable bonds is 7. The first-order valence-corrected chi connectivity index (χ1v) is 14.2. The van der Waals surface area contributed by atoms with Gasteiger partial charge in [0, 0.05) is 42.8 Å². The molecule has 196 valence electrons. The Hall–Kier alpha value is -2.55. The van der Waals surface area contributed by atoms with Crippen molar-refractivity contribution in [1.82, 2.24) is 14.8 Å². The van der Waals surface area contributed by atoms with Crippen LogP contribution in [0.5, 0.6) is 5.75 Å².